The van der Waals surface area contributed by atoms with E-state index in [1.807, 2.05) is 13.8 Å². The highest BCUT2D eigenvalue weighted by Crippen LogP contribution is 2.24. The molecule has 3 aromatic carbocycles. The van der Waals surface area contributed by atoms with E-state index < -0.39 is 33.9 Å². The van der Waals surface area contributed by atoms with E-state index in [0.29, 0.717) is 5.56 Å². The van der Waals surface area contributed by atoms with Gasteiger partial charge in [-0.1, -0.05) is 36.4 Å². The smallest absolute Gasteiger partial charge is 0.340 e. The molecule has 0 aliphatic rings. The SMILES string of the molecule is CC(C)OC(=O)c1ccccc1S(=O)(=O)Oc1ccc(CN(C(=O)c2ccccc2F)C(C)C)cc1. The predicted molar refractivity (Wildman–Crippen MR) is 133 cm³/mol. The molecule has 0 N–H and O–H groups in total. The topological polar surface area (TPSA) is 90.0 Å². The Kier molecular flexibility index (Phi) is 8.47. The van der Waals surface area contributed by atoms with Crippen molar-refractivity contribution in [3.8, 4) is 5.75 Å². The second kappa shape index (κ2) is 11.3. The highest BCUT2D eigenvalue weighted by Gasteiger charge is 2.26. The molecule has 0 radical (unpaired) electrons. The lowest BCUT2D eigenvalue weighted by molar-refractivity contribution is 0.0372. The van der Waals surface area contributed by atoms with Gasteiger partial charge in [-0.25, -0.2) is 9.18 Å². The zero-order valence-corrected chi connectivity index (χ0v) is 21.3. The normalized spacial score (nSPS) is 11.4. The first-order chi connectivity index (χ1) is 17.0. The first kappa shape index (κ1) is 26.9. The van der Waals surface area contributed by atoms with E-state index in [9.17, 15) is 22.4 Å². The molecule has 0 bridgehead atoms. The Morgan fingerprint density at radius 2 is 1.44 bits per heavy atom. The van der Waals surface area contributed by atoms with Crippen LogP contribution in [0, 0.1) is 5.82 Å². The average molecular weight is 514 g/mol. The van der Waals surface area contributed by atoms with Crippen LogP contribution in [0.4, 0.5) is 4.39 Å². The van der Waals surface area contributed by atoms with Gasteiger partial charge in [-0.05, 0) is 69.7 Å². The van der Waals surface area contributed by atoms with Gasteiger partial charge in [0.05, 0.1) is 17.2 Å². The van der Waals surface area contributed by atoms with Crippen LogP contribution in [0.5, 0.6) is 5.75 Å². The molecule has 7 nitrogen and oxygen atoms in total. The van der Waals surface area contributed by atoms with Gasteiger partial charge in [-0.3, -0.25) is 4.79 Å². The lowest BCUT2D eigenvalue weighted by atomic mass is 10.1. The molecular weight excluding hydrogens is 485 g/mol. The molecule has 0 aromatic heterocycles. The van der Waals surface area contributed by atoms with Gasteiger partial charge in [-0.2, -0.15) is 8.42 Å². The van der Waals surface area contributed by atoms with Gasteiger partial charge in [0, 0.05) is 12.6 Å². The Labute approximate surface area is 210 Å². The summed E-state index contributed by atoms with van der Waals surface area (Å²) in [6, 6.07) is 17.4. The van der Waals surface area contributed by atoms with E-state index in [-0.39, 0.29) is 34.4 Å². The first-order valence-electron chi connectivity index (χ1n) is 11.4. The minimum absolute atomic E-state index is 0.0214. The molecule has 0 saturated heterocycles. The number of esters is 1. The van der Waals surface area contributed by atoms with Crippen LogP contribution in [0.1, 0.15) is 54.0 Å². The lowest BCUT2D eigenvalue weighted by Gasteiger charge is -2.27. The summed E-state index contributed by atoms with van der Waals surface area (Å²) >= 11 is 0. The van der Waals surface area contributed by atoms with Crippen molar-refractivity contribution in [1.82, 2.24) is 4.90 Å². The van der Waals surface area contributed by atoms with Gasteiger partial charge in [-0.15, -0.1) is 0 Å². The second-order valence-corrected chi connectivity index (χ2v) is 10.2. The number of halogens is 1. The monoisotopic (exact) mass is 513 g/mol. The molecule has 190 valence electrons. The largest absolute Gasteiger partial charge is 0.459 e. The number of ether oxygens (including phenoxy) is 1. The lowest BCUT2D eigenvalue weighted by Crippen LogP contribution is -2.36. The van der Waals surface area contributed by atoms with Crippen molar-refractivity contribution in [2.75, 3.05) is 0 Å². The van der Waals surface area contributed by atoms with Crippen LogP contribution in [0.3, 0.4) is 0 Å². The fourth-order valence-electron chi connectivity index (χ4n) is 3.43. The summed E-state index contributed by atoms with van der Waals surface area (Å²) in [4.78, 5) is 26.5. The highest BCUT2D eigenvalue weighted by molar-refractivity contribution is 7.87. The number of hydrogen-bond donors (Lipinski definition) is 0. The van der Waals surface area contributed by atoms with Crippen molar-refractivity contribution < 1.29 is 31.3 Å². The Morgan fingerprint density at radius 1 is 0.861 bits per heavy atom. The molecule has 3 rings (SSSR count). The van der Waals surface area contributed by atoms with Crippen molar-refractivity contribution in [1.29, 1.82) is 0 Å². The molecule has 0 fully saturated rings. The van der Waals surface area contributed by atoms with E-state index in [1.54, 1.807) is 32.0 Å². The standard InChI is InChI=1S/C27H28FNO6S/c1-18(2)29(26(30)22-9-5-7-11-24(22)28)17-20-13-15-21(16-14-20)35-36(32,33)25-12-8-6-10-23(25)27(31)34-19(3)4/h5-16,18-19H,17H2,1-4H3. The molecule has 0 unspecified atom stereocenters. The van der Waals surface area contributed by atoms with Crippen LogP contribution in [0.15, 0.2) is 77.7 Å². The molecule has 0 atom stereocenters. The van der Waals surface area contributed by atoms with Gasteiger partial charge >= 0.3 is 16.1 Å². The summed E-state index contributed by atoms with van der Waals surface area (Å²) in [6.07, 6.45) is -0.419. The number of rotatable bonds is 9. The number of carbonyl (C=O) groups excluding carboxylic acids is 2. The third-order valence-corrected chi connectivity index (χ3v) is 6.50. The zero-order valence-electron chi connectivity index (χ0n) is 20.5. The maximum Gasteiger partial charge on any atom is 0.340 e. The third-order valence-electron chi connectivity index (χ3n) is 5.19. The molecule has 0 aliphatic carbocycles. The van der Waals surface area contributed by atoms with Crippen LogP contribution in [-0.2, 0) is 21.4 Å². The molecule has 0 saturated carbocycles. The quantitative estimate of drug-likeness (QED) is 0.288. The number of nitrogens with zero attached hydrogens (tertiary/aromatic N) is 1. The summed E-state index contributed by atoms with van der Waals surface area (Å²) in [5.41, 5.74) is 0.549. The molecular formula is C27H28FNO6S. The minimum atomic E-state index is -4.34. The fraction of sp³-hybridized carbons (Fsp3) is 0.259. The van der Waals surface area contributed by atoms with Gasteiger partial charge < -0.3 is 13.8 Å². The molecule has 36 heavy (non-hydrogen) atoms. The third kappa shape index (κ3) is 6.48. The van der Waals surface area contributed by atoms with E-state index in [1.165, 1.54) is 59.5 Å². The van der Waals surface area contributed by atoms with Crippen LogP contribution >= 0.6 is 0 Å². The minimum Gasteiger partial charge on any atom is -0.459 e. The Morgan fingerprint density at radius 3 is 2.03 bits per heavy atom. The van der Waals surface area contributed by atoms with Gasteiger partial charge in [0.25, 0.3) is 5.91 Å². The van der Waals surface area contributed by atoms with Gasteiger partial charge in [0.1, 0.15) is 16.5 Å². The van der Waals surface area contributed by atoms with Crippen molar-refractivity contribution in [3.05, 3.63) is 95.3 Å². The van der Waals surface area contributed by atoms with Crippen molar-refractivity contribution in [2.45, 2.75) is 51.3 Å². The fourth-order valence-corrected chi connectivity index (χ4v) is 4.55. The molecule has 3 aromatic rings. The number of amides is 1. The number of hydrogen-bond acceptors (Lipinski definition) is 6. The molecule has 0 heterocycles. The summed E-state index contributed by atoms with van der Waals surface area (Å²) in [6.45, 7) is 7.16. The second-order valence-electron chi connectivity index (χ2n) is 8.64. The van der Waals surface area contributed by atoms with Crippen molar-refractivity contribution >= 4 is 22.0 Å². The van der Waals surface area contributed by atoms with E-state index in [2.05, 4.69) is 0 Å². The summed E-state index contributed by atoms with van der Waals surface area (Å²) < 4.78 is 50.4. The summed E-state index contributed by atoms with van der Waals surface area (Å²) in [5, 5.41) is 0. The van der Waals surface area contributed by atoms with Crippen molar-refractivity contribution in [3.63, 3.8) is 0 Å². The average Bonchev–Trinajstić information content (AvgIpc) is 2.82. The van der Waals surface area contributed by atoms with Gasteiger partial charge in [0.2, 0.25) is 0 Å². The predicted octanol–water partition coefficient (Wildman–Crippen LogP) is 5.21. The summed E-state index contributed by atoms with van der Waals surface area (Å²) in [7, 11) is -4.34. The molecule has 9 heteroatoms. The van der Waals surface area contributed by atoms with Crippen LogP contribution < -0.4 is 4.18 Å². The Bertz CT molecular complexity index is 1340. The molecule has 1 amide bonds. The zero-order chi connectivity index (χ0) is 26.5. The maximum absolute atomic E-state index is 14.1. The van der Waals surface area contributed by atoms with E-state index in [4.69, 9.17) is 8.92 Å². The summed E-state index contributed by atoms with van der Waals surface area (Å²) in [5.74, 6) is -1.78. The highest BCUT2D eigenvalue weighted by atomic mass is 32.2. The Balaban J connectivity index is 1.78. The molecule has 0 spiro atoms. The Hall–Kier alpha value is -3.72. The molecule has 0 aliphatic heterocycles. The van der Waals surface area contributed by atoms with Crippen molar-refractivity contribution in [2.24, 2.45) is 0 Å². The first-order valence-corrected chi connectivity index (χ1v) is 12.8. The van der Waals surface area contributed by atoms with Crippen LogP contribution in [0.25, 0.3) is 0 Å². The number of benzene rings is 3. The maximum atomic E-state index is 14.1. The number of carbonyl (C=O) groups is 2. The van der Waals surface area contributed by atoms with E-state index in [0.717, 1.165) is 0 Å². The van der Waals surface area contributed by atoms with Crippen LogP contribution in [0.2, 0.25) is 0 Å². The van der Waals surface area contributed by atoms with E-state index >= 15 is 0 Å². The van der Waals surface area contributed by atoms with Gasteiger partial charge in [0.15, 0.2) is 0 Å². The van der Waals surface area contributed by atoms with Crippen LogP contribution in [-0.4, -0.2) is 37.3 Å².